The average Bonchev–Trinajstić information content (AvgIpc) is 3.35. The molecule has 0 aliphatic heterocycles. The number of carboxylic acids is 1. The molecular formula is C24H24ClN3O3. The summed E-state index contributed by atoms with van der Waals surface area (Å²) in [6.45, 7) is 6.21. The van der Waals surface area contributed by atoms with Crippen molar-refractivity contribution in [3.8, 4) is 5.69 Å². The number of nitrogens with one attached hydrogen (secondary N) is 1. The molecule has 0 radical (unpaired) electrons. The molecule has 31 heavy (non-hydrogen) atoms. The van der Waals surface area contributed by atoms with Crippen LogP contribution in [0.25, 0.3) is 5.69 Å². The topological polar surface area (TPSA) is 84.2 Å². The first kappa shape index (κ1) is 21.1. The summed E-state index contributed by atoms with van der Waals surface area (Å²) in [6.07, 6.45) is 4.34. The number of carboxylic acid groups (broad SMARTS) is 1. The van der Waals surface area contributed by atoms with Crippen molar-refractivity contribution < 1.29 is 14.7 Å². The second-order valence-electron chi connectivity index (χ2n) is 8.95. The minimum atomic E-state index is -1.08. The Balaban J connectivity index is 1.52. The van der Waals surface area contributed by atoms with E-state index in [1.807, 2.05) is 30.5 Å². The van der Waals surface area contributed by atoms with E-state index in [1.54, 1.807) is 23.0 Å². The average molecular weight is 438 g/mol. The number of rotatable bonds is 5. The van der Waals surface area contributed by atoms with E-state index in [0.717, 1.165) is 17.5 Å². The predicted octanol–water partition coefficient (Wildman–Crippen LogP) is 5.26. The van der Waals surface area contributed by atoms with Crippen LogP contribution in [0.2, 0.25) is 5.02 Å². The summed E-state index contributed by atoms with van der Waals surface area (Å²) in [4.78, 5) is 24.6. The van der Waals surface area contributed by atoms with Gasteiger partial charge in [-0.2, -0.15) is 5.10 Å². The molecule has 0 saturated heterocycles. The Bertz CT molecular complexity index is 1150. The van der Waals surface area contributed by atoms with Gasteiger partial charge in [-0.05, 0) is 59.2 Å². The summed E-state index contributed by atoms with van der Waals surface area (Å²) < 4.78 is 1.56. The molecule has 2 atom stereocenters. The number of carbonyl (C=O) groups excluding carboxylic acids is 1. The van der Waals surface area contributed by atoms with Gasteiger partial charge in [0.05, 0.1) is 17.4 Å². The number of aromatic carboxylic acids is 1. The van der Waals surface area contributed by atoms with Crippen molar-refractivity contribution in [2.75, 3.05) is 5.32 Å². The maximum absolute atomic E-state index is 12.7. The van der Waals surface area contributed by atoms with Crippen molar-refractivity contribution in [1.29, 1.82) is 0 Å². The predicted molar refractivity (Wildman–Crippen MR) is 120 cm³/mol. The van der Waals surface area contributed by atoms with Crippen molar-refractivity contribution >= 4 is 29.2 Å². The lowest BCUT2D eigenvalue weighted by atomic mass is 9.90. The van der Waals surface area contributed by atoms with Crippen LogP contribution in [-0.4, -0.2) is 26.8 Å². The Labute approximate surface area is 185 Å². The highest BCUT2D eigenvalue weighted by atomic mass is 35.5. The number of hydrogen-bond donors (Lipinski definition) is 2. The minimum Gasteiger partial charge on any atom is -0.478 e. The lowest BCUT2D eigenvalue weighted by Crippen LogP contribution is -2.16. The molecule has 4 rings (SSSR count). The van der Waals surface area contributed by atoms with E-state index < -0.39 is 5.97 Å². The van der Waals surface area contributed by atoms with Gasteiger partial charge in [0.25, 0.3) is 0 Å². The number of carbonyl (C=O) groups is 2. The molecule has 1 aliphatic rings. The van der Waals surface area contributed by atoms with Crippen LogP contribution in [0.4, 0.5) is 5.69 Å². The Morgan fingerprint density at radius 2 is 1.87 bits per heavy atom. The maximum Gasteiger partial charge on any atom is 0.337 e. The molecule has 7 heteroatoms. The van der Waals surface area contributed by atoms with E-state index >= 15 is 0 Å². The fraction of sp³-hybridized carbons (Fsp3) is 0.292. The van der Waals surface area contributed by atoms with Gasteiger partial charge < -0.3 is 10.4 Å². The van der Waals surface area contributed by atoms with Gasteiger partial charge in [0.2, 0.25) is 5.91 Å². The molecule has 3 aromatic rings. The number of benzene rings is 2. The summed E-state index contributed by atoms with van der Waals surface area (Å²) in [6, 6.07) is 12.4. The Hall–Kier alpha value is -3.12. The van der Waals surface area contributed by atoms with E-state index in [0.29, 0.717) is 16.4 Å². The SMILES string of the molecule is CC(C)(C)c1cnn(-c2ccc(NC(=O)[C@@H]3C[C@H]3c3ccc(Cl)cc3)cc2C(=O)O)c1. The Morgan fingerprint density at radius 3 is 2.48 bits per heavy atom. The van der Waals surface area contributed by atoms with E-state index in [-0.39, 0.29) is 28.7 Å². The lowest BCUT2D eigenvalue weighted by Gasteiger charge is -2.15. The highest BCUT2D eigenvalue weighted by Gasteiger charge is 2.43. The molecular weight excluding hydrogens is 414 g/mol. The van der Waals surface area contributed by atoms with Gasteiger partial charge >= 0.3 is 5.97 Å². The second-order valence-corrected chi connectivity index (χ2v) is 9.39. The first-order valence-corrected chi connectivity index (χ1v) is 10.5. The zero-order valence-corrected chi connectivity index (χ0v) is 18.3. The van der Waals surface area contributed by atoms with Crippen LogP contribution >= 0.6 is 11.6 Å². The van der Waals surface area contributed by atoms with Crippen molar-refractivity contribution in [2.45, 2.75) is 38.5 Å². The second kappa shape index (κ2) is 7.85. The van der Waals surface area contributed by atoms with Crippen LogP contribution in [-0.2, 0) is 10.2 Å². The number of aromatic nitrogens is 2. The number of nitrogens with zero attached hydrogens (tertiary/aromatic N) is 2. The quantitative estimate of drug-likeness (QED) is 0.570. The number of amides is 1. The molecule has 1 amide bonds. The van der Waals surface area contributed by atoms with Crippen LogP contribution in [0.15, 0.2) is 54.9 Å². The molecule has 160 valence electrons. The van der Waals surface area contributed by atoms with E-state index in [9.17, 15) is 14.7 Å². The third-order valence-electron chi connectivity index (χ3n) is 5.62. The van der Waals surface area contributed by atoms with E-state index in [1.165, 1.54) is 6.07 Å². The lowest BCUT2D eigenvalue weighted by molar-refractivity contribution is -0.117. The Kier molecular flexibility index (Phi) is 5.35. The molecule has 1 saturated carbocycles. The van der Waals surface area contributed by atoms with Gasteiger partial charge in [-0.25, -0.2) is 9.48 Å². The van der Waals surface area contributed by atoms with Crippen LogP contribution in [0.1, 0.15) is 54.6 Å². The van der Waals surface area contributed by atoms with Crippen LogP contribution in [0.5, 0.6) is 0 Å². The fourth-order valence-corrected chi connectivity index (χ4v) is 3.75. The van der Waals surface area contributed by atoms with Gasteiger partial charge in [0, 0.05) is 22.8 Å². The van der Waals surface area contributed by atoms with Crippen molar-refractivity contribution in [1.82, 2.24) is 9.78 Å². The minimum absolute atomic E-state index is 0.0754. The van der Waals surface area contributed by atoms with Gasteiger partial charge in [0.1, 0.15) is 0 Å². The van der Waals surface area contributed by atoms with Crippen LogP contribution in [0, 0.1) is 5.92 Å². The summed E-state index contributed by atoms with van der Waals surface area (Å²) in [5, 5.41) is 17.6. The van der Waals surface area contributed by atoms with Crippen LogP contribution < -0.4 is 5.32 Å². The molecule has 2 N–H and O–H groups in total. The van der Waals surface area contributed by atoms with Gasteiger partial charge in [0.15, 0.2) is 0 Å². The summed E-state index contributed by atoms with van der Waals surface area (Å²) in [5.41, 5.74) is 2.97. The van der Waals surface area contributed by atoms with Gasteiger partial charge in [-0.15, -0.1) is 0 Å². The van der Waals surface area contributed by atoms with Crippen molar-refractivity contribution in [3.63, 3.8) is 0 Å². The summed E-state index contributed by atoms with van der Waals surface area (Å²) >= 11 is 5.93. The zero-order valence-electron chi connectivity index (χ0n) is 17.6. The molecule has 6 nitrogen and oxygen atoms in total. The monoisotopic (exact) mass is 437 g/mol. The van der Waals surface area contributed by atoms with E-state index in [2.05, 4.69) is 31.2 Å². The van der Waals surface area contributed by atoms with Crippen LogP contribution in [0.3, 0.4) is 0 Å². The largest absolute Gasteiger partial charge is 0.478 e. The molecule has 1 fully saturated rings. The highest BCUT2D eigenvalue weighted by Crippen LogP contribution is 2.48. The molecule has 0 spiro atoms. The van der Waals surface area contributed by atoms with E-state index in [4.69, 9.17) is 11.6 Å². The molecule has 1 aromatic heterocycles. The molecule has 0 bridgehead atoms. The number of halogens is 1. The van der Waals surface area contributed by atoms with Crippen molar-refractivity contribution in [2.24, 2.45) is 5.92 Å². The standard InChI is InChI=1S/C24H24ClN3O3/c1-24(2,3)15-12-26-28(13-15)21-9-8-17(10-20(21)23(30)31)27-22(29)19-11-18(19)14-4-6-16(25)7-5-14/h4-10,12-13,18-19H,11H2,1-3H3,(H,27,29)(H,30,31)/t18-,19+/m0/s1. The van der Waals surface area contributed by atoms with Gasteiger partial charge in [-0.3, -0.25) is 4.79 Å². The third-order valence-corrected chi connectivity index (χ3v) is 5.87. The zero-order chi connectivity index (χ0) is 22.3. The highest BCUT2D eigenvalue weighted by molar-refractivity contribution is 6.30. The number of anilines is 1. The normalized spacial score (nSPS) is 17.9. The molecule has 0 unspecified atom stereocenters. The first-order chi connectivity index (χ1) is 14.6. The summed E-state index contributed by atoms with van der Waals surface area (Å²) in [5.74, 6) is -1.16. The molecule has 1 aliphatic carbocycles. The molecule has 1 heterocycles. The summed E-state index contributed by atoms with van der Waals surface area (Å²) in [7, 11) is 0. The fourth-order valence-electron chi connectivity index (χ4n) is 3.62. The van der Waals surface area contributed by atoms with Gasteiger partial charge in [-0.1, -0.05) is 44.5 Å². The smallest absolute Gasteiger partial charge is 0.337 e. The Morgan fingerprint density at radius 1 is 1.16 bits per heavy atom. The molecule has 2 aromatic carbocycles. The third kappa shape index (κ3) is 4.49. The van der Waals surface area contributed by atoms with Crippen molar-refractivity contribution in [3.05, 3.63) is 76.6 Å². The first-order valence-electron chi connectivity index (χ1n) is 10.1. The maximum atomic E-state index is 12.7. The number of hydrogen-bond acceptors (Lipinski definition) is 3.